The third-order valence-electron chi connectivity index (χ3n) is 3.63. The van der Waals surface area contributed by atoms with E-state index < -0.39 is 0 Å². The first-order valence-electron chi connectivity index (χ1n) is 6.59. The van der Waals surface area contributed by atoms with E-state index in [4.69, 9.17) is 5.73 Å². The number of nitrogens with two attached hydrogens (primary N) is 1. The minimum atomic E-state index is -0.356. The highest BCUT2D eigenvalue weighted by Gasteiger charge is 2.32. The van der Waals surface area contributed by atoms with E-state index in [1.807, 2.05) is 6.07 Å². The van der Waals surface area contributed by atoms with Crippen LogP contribution in [0, 0.1) is 5.92 Å². The monoisotopic (exact) mass is 299 g/mol. The van der Waals surface area contributed by atoms with Crippen molar-refractivity contribution in [3.8, 4) is 0 Å². The molecular weight excluding hydrogens is 278 g/mol. The first-order chi connectivity index (χ1) is 9.15. The zero-order valence-electron chi connectivity index (χ0n) is 11.9. The van der Waals surface area contributed by atoms with Crippen molar-refractivity contribution in [3.05, 3.63) is 29.6 Å². The molecule has 2 N–H and O–H groups in total. The molecule has 1 aliphatic carbocycles. The predicted molar refractivity (Wildman–Crippen MR) is 79.9 cm³/mol. The Balaban J connectivity index is 0.00000200. The summed E-state index contributed by atoms with van der Waals surface area (Å²) in [7, 11) is 3.44. The fourth-order valence-electron chi connectivity index (χ4n) is 2.34. The van der Waals surface area contributed by atoms with Gasteiger partial charge in [-0.05, 0) is 37.9 Å². The molecule has 1 saturated carbocycles. The molecule has 5 nitrogen and oxygen atoms in total. The summed E-state index contributed by atoms with van der Waals surface area (Å²) < 4.78 is 4.65. The van der Waals surface area contributed by atoms with Crippen LogP contribution in [0.2, 0.25) is 0 Å². The van der Waals surface area contributed by atoms with E-state index in [0.717, 1.165) is 18.2 Å². The SMILES string of the molecule is COC(=O)c1ccc(CN(C)C(CN)C2CC2)nc1.Cl. The fraction of sp³-hybridized carbons (Fsp3) is 0.571. The van der Waals surface area contributed by atoms with Gasteiger partial charge in [-0.15, -0.1) is 12.4 Å². The van der Waals surface area contributed by atoms with Gasteiger partial charge in [0.05, 0.1) is 18.4 Å². The van der Waals surface area contributed by atoms with Gasteiger partial charge in [-0.3, -0.25) is 9.88 Å². The van der Waals surface area contributed by atoms with Crippen molar-refractivity contribution in [2.24, 2.45) is 11.7 Å². The van der Waals surface area contributed by atoms with Gasteiger partial charge in [0.1, 0.15) is 0 Å². The summed E-state index contributed by atoms with van der Waals surface area (Å²) in [4.78, 5) is 17.9. The molecule has 20 heavy (non-hydrogen) atoms. The van der Waals surface area contributed by atoms with E-state index in [0.29, 0.717) is 18.2 Å². The average molecular weight is 300 g/mol. The Labute approximate surface area is 125 Å². The molecule has 1 unspecified atom stereocenters. The zero-order chi connectivity index (χ0) is 13.8. The molecule has 0 amide bonds. The van der Waals surface area contributed by atoms with Crippen molar-refractivity contribution in [1.29, 1.82) is 0 Å². The first kappa shape index (κ1) is 16.9. The molecule has 0 spiro atoms. The lowest BCUT2D eigenvalue weighted by molar-refractivity contribution is 0.0600. The Hall–Kier alpha value is -1.17. The molecule has 1 atom stereocenters. The van der Waals surface area contributed by atoms with Gasteiger partial charge in [0.25, 0.3) is 0 Å². The highest BCUT2D eigenvalue weighted by molar-refractivity contribution is 5.88. The minimum Gasteiger partial charge on any atom is -0.465 e. The third kappa shape index (κ3) is 4.16. The van der Waals surface area contributed by atoms with Crippen LogP contribution >= 0.6 is 12.4 Å². The molecule has 1 aliphatic rings. The van der Waals surface area contributed by atoms with E-state index in [2.05, 4.69) is 21.7 Å². The molecule has 0 aromatic carbocycles. The summed E-state index contributed by atoms with van der Waals surface area (Å²) in [5, 5.41) is 0. The predicted octanol–water partition coefficient (Wildman–Crippen LogP) is 1.46. The lowest BCUT2D eigenvalue weighted by atomic mass is 10.1. The second kappa shape index (κ2) is 7.57. The number of esters is 1. The summed E-state index contributed by atoms with van der Waals surface area (Å²) in [5.41, 5.74) is 7.24. The lowest BCUT2D eigenvalue weighted by Gasteiger charge is -2.26. The van der Waals surface area contributed by atoms with Gasteiger partial charge in [-0.25, -0.2) is 4.79 Å². The Kier molecular flexibility index (Phi) is 6.39. The Morgan fingerprint density at radius 1 is 1.55 bits per heavy atom. The number of likely N-dealkylation sites (N-methyl/N-ethyl adjacent to an activating group) is 1. The summed E-state index contributed by atoms with van der Waals surface area (Å²) in [6.45, 7) is 1.43. The lowest BCUT2D eigenvalue weighted by Crippen LogP contribution is -2.39. The van der Waals surface area contributed by atoms with Crippen molar-refractivity contribution >= 4 is 18.4 Å². The number of carbonyl (C=O) groups excluding carboxylic acids is 1. The van der Waals surface area contributed by atoms with Gasteiger partial charge < -0.3 is 10.5 Å². The van der Waals surface area contributed by atoms with E-state index >= 15 is 0 Å². The van der Waals surface area contributed by atoms with Crippen LogP contribution in [-0.2, 0) is 11.3 Å². The fourth-order valence-corrected chi connectivity index (χ4v) is 2.34. The molecule has 0 bridgehead atoms. The van der Waals surface area contributed by atoms with Crippen LogP contribution in [0.1, 0.15) is 28.9 Å². The molecule has 1 aromatic rings. The van der Waals surface area contributed by atoms with Crippen LogP contribution in [-0.4, -0.2) is 42.6 Å². The maximum absolute atomic E-state index is 11.3. The van der Waals surface area contributed by atoms with E-state index in [-0.39, 0.29) is 18.4 Å². The van der Waals surface area contributed by atoms with Gasteiger partial charge in [0.15, 0.2) is 0 Å². The van der Waals surface area contributed by atoms with Gasteiger partial charge in [-0.2, -0.15) is 0 Å². The van der Waals surface area contributed by atoms with Gasteiger partial charge >= 0.3 is 5.97 Å². The summed E-state index contributed by atoms with van der Waals surface area (Å²) in [6.07, 6.45) is 4.12. The Bertz CT molecular complexity index is 435. The van der Waals surface area contributed by atoms with Crippen LogP contribution in [0.3, 0.4) is 0 Å². The Morgan fingerprint density at radius 3 is 2.70 bits per heavy atom. The Morgan fingerprint density at radius 2 is 2.25 bits per heavy atom. The number of nitrogens with zero attached hydrogens (tertiary/aromatic N) is 2. The largest absolute Gasteiger partial charge is 0.465 e. The van der Waals surface area contributed by atoms with Crippen molar-refractivity contribution in [1.82, 2.24) is 9.88 Å². The number of halogens is 1. The maximum atomic E-state index is 11.3. The standard InChI is InChI=1S/C14H21N3O2.ClH/c1-17(13(7-15)10-3-4-10)9-12-6-5-11(8-16-12)14(18)19-2;/h5-6,8,10,13H,3-4,7,9,15H2,1-2H3;1H. The van der Waals surface area contributed by atoms with Gasteiger partial charge in [0.2, 0.25) is 0 Å². The third-order valence-corrected chi connectivity index (χ3v) is 3.63. The maximum Gasteiger partial charge on any atom is 0.339 e. The second-order valence-electron chi connectivity index (χ2n) is 5.09. The summed E-state index contributed by atoms with van der Waals surface area (Å²) in [6, 6.07) is 4.04. The number of ether oxygens (including phenoxy) is 1. The second-order valence-corrected chi connectivity index (χ2v) is 5.09. The van der Waals surface area contributed by atoms with Crippen molar-refractivity contribution in [2.75, 3.05) is 20.7 Å². The zero-order valence-corrected chi connectivity index (χ0v) is 12.7. The quantitative estimate of drug-likeness (QED) is 0.806. The normalized spacial score (nSPS) is 15.6. The first-order valence-corrected chi connectivity index (χ1v) is 6.59. The molecule has 1 heterocycles. The molecule has 2 rings (SSSR count). The number of rotatable bonds is 6. The van der Waals surface area contributed by atoms with Crippen LogP contribution < -0.4 is 5.73 Å². The van der Waals surface area contributed by atoms with Crippen molar-refractivity contribution in [2.45, 2.75) is 25.4 Å². The summed E-state index contributed by atoms with van der Waals surface area (Å²) >= 11 is 0. The minimum absolute atomic E-state index is 0. The van der Waals surface area contributed by atoms with Crippen molar-refractivity contribution < 1.29 is 9.53 Å². The van der Waals surface area contributed by atoms with Crippen LogP contribution in [0.4, 0.5) is 0 Å². The van der Waals surface area contributed by atoms with E-state index in [1.54, 1.807) is 12.3 Å². The number of hydrogen-bond acceptors (Lipinski definition) is 5. The van der Waals surface area contributed by atoms with Crippen LogP contribution in [0.15, 0.2) is 18.3 Å². The van der Waals surface area contributed by atoms with E-state index in [9.17, 15) is 4.79 Å². The topological polar surface area (TPSA) is 68.5 Å². The molecule has 0 saturated heterocycles. The van der Waals surface area contributed by atoms with Gasteiger partial charge in [0, 0.05) is 25.3 Å². The highest BCUT2D eigenvalue weighted by Crippen LogP contribution is 2.34. The van der Waals surface area contributed by atoms with Crippen LogP contribution in [0.5, 0.6) is 0 Å². The van der Waals surface area contributed by atoms with Gasteiger partial charge in [-0.1, -0.05) is 0 Å². The van der Waals surface area contributed by atoms with Crippen LogP contribution in [0.25, 0.3) is 0 Å². The molecular formula is C14H22ClN3O2. The highest BCUT2D eigenvalue weighted by atomic mass is 35.5. The molecule has 0 aliphatic heterocycles. The number of carbonyl (C=O) groups is 1. The average Bonchev–Trinajstić information content (AvgIpc) is 3.24. The summed E-state index contributed by atoms with van der Waals surface area (Å²) in [5.74, 6) is 0.384. The van der Waals surface area contributed by atoms with Crippen molar-refractivity contribution in [3.63, 3.8) is 0 Å². The number of hydrogen-bond donors (Lipinski definition) is 1. The molecule has 1 fully saturated rings. The number of pyridine rings is 1. The molecule has 112 valence electrons. The molecule has 1 aromatic heterocycles. The smallest absolute Gasteiger partial charge is 0.339 e. The number of methoxy groups -OCH3 is 1. The van der Waals surface area contributed by atoms with E-state index in [1.165, 1.54) is 20.0 Å². The number of aromatic nitrogens is 1. The molecule has 6 heteroatoms. The molecule has 0 radical (unpaired) electrons.